The molecular formula is C30H41NO6Si. The fourth-order valence-electron chi connectivity index (χ4n) is 4.26. The van der Waals surface area contributed by atoms with E-state index in [9.17, 15) is 4.79 Å². The summed E-state index contributed by atoms with van der Waals surface area (Å²) in [5.74, 6) is 1.08. The van der Waals surface area contributed by atoms with Crippen molar-refractivity contribution in [3.63, 3.8) is 0 Å². The van der Waals surface area contributed by atoms with Gasteiger partial charge in [0.05, 0.1) is 33.5 Å². The van der Waals surface area contributed by atoms with Crippen LogP contribution >= 0.6 is 0 Å². The van der Waals surface area contributed by atoms with Crippen LogP contribution in [0.15, 0.2) is 43.0 Å². The van der Waals surface area contributed by atoms with Crippen LogP contribution in [0.25, 0.3) is 16.6 Å². The molecule has 0 bridgehead atoms. The minimum absolute atomic E-state index is 0.0890. The molecule has 3 aromatic rings. The number of para-hydroxylation sites is 1. The molecule has 206 valence electrons. The predicted molar refractivity (Wildman–Crippen MR) is 155 cm³/mol. The topological polar surface area (TPSA) is 68.2 Å². The fraction of sp³-hybridized carbons (Fsp3) is 0.433. The third-order valence-electron chi connectivity index (χ3n) is 7.34. The monoisotopic (exact) mass is 539 g/mol. The molecule has 1 heterocycles. The van der Waals surface area contributed by atoms with Crippen molar-refractivity contribution in [2.24, 2.45) is 0 Å². The van der Waals surface area contributed by atoms with Crippen LogP contribution in [0.1, 0.15) is 49.3 Å². The highest BCUT2D eigenvalue weighted by molar-refractivity contribution is 6.74. The van der Waals surface area contributed by atoms with Gasteiger partial charge in [-0.25, -0.2) is 4.79 Å². The van der Waals surface area contributed by atoms with Gasteiger partial charge in [0.2, 0.25) is 5.75 Å². The maximum Gasteiger partial charge on any atom is 0.355 e. The molecule has 38 heavy (non-hydrogen) atoms. The second kappa shape index (κ2) is 11.7. The van der Waals surface area contributed by atoms with Crippen LogP contribution < -0.4 is 14.2 Å². The summed E-state index contributed by atoms with van der Waals surface area (Å²) in [5, 5.41) is 1.05. The van der Waals surface area contributed by atoms with Crippen molar-refractivity contribution in [1.29, 1.82) is 0 Å². The molecule has 3 rings (SSSR count). The number of hydrogen-bond donors (Lipinski definition) is 0. The molecule has 0 aliphatic rings. The van der Waals surface area contributed by atoms with Crippen LogP contribution in [0.2, 0.25) is 18.1 Å². The Bertz CT molecular complexity index is 1290. The van der Waals surface area contributed by atoms with E-state index in [0.717, 1.165) is 22.0 Å². The van der Waals surface area contributed by atoms with Crippen LogP contribution in [0.3, 0.4) is 0 Å². The van der Waals surface area contributed by atoms with Crippen molar-refractivity contribution in [2.75, 3.05) is 34.5 Å². The number of methoxy groups -OCH3 is 3. The number of nitrogens with zero attached hydrogens (tertiary/aromatic N) is 1. The van der Waals surface area contributed by atoms with E-state index in [1.807, 2.05) is 41.0 Å². The Kier molecular flexibility index (Phi) is 9.00. The van der Waals surface area contributed by atoms with E-state index in [2.05, 4.69) is 40.4 Å². The lowest BCUT2D eigenvalue weighted by Crippen LogP contribution is -2.41. The standard InChI is InChI=1S/C30H41NO6Si/c1-11-36-29(32)27-23(16-17-37-38(9,10)30(3,4)5)22-14-12-13-15-24(22)31(27)20(2)21-18-25(33-6)28(35-8)26(19-21)34-7/h12-15,18-19H,2,11,16-17H2,1,3-10H3. The van der Waals surface area contributed by atoms with E-state index in [1.54, 1.807) is 28.3 Å². The van der Waals surface area contributed by atoms with Gasteiger partial charge in [-0.1, -0.05) is 45.5 Å². The zero-order valence-electron chi connectivity index (χ0n) is 24.2. The molecule has 7 nitrogen and oxygen atoms in total. The second-order valence-corrected chi connectivity index (χ2v) is 15.4. The summed E-state index contributed by atoms with van der Waals surface area (Å²) in [6.45, 7) is 18.1. The number of rotatable bonds is 11. The van der Waals surface area contributed by atoms with E-state index < -0.39 is 14.3 Å². The van der Waals surface area contributed by atoms with Gasteiger partial charge in [-0.2, -0.15) is 0 Å². The van der Waals surface area contributed by atoms with Crippen LogP contribution in [0.5, 0.6) is 17.2 Å². The van der Waals surface area contributed by atoms with Gasteiger partial charge in [0.15, 0.2) is 19.8 Å². The molecule has 0 spiro atoms. The number of benzene rings is 2. The molecule has 8 heteroatoms. The molecule has 0 fully saturated rings. The number of fused-ring (bicyclic) bond motifs is 1. The Morgan fingerprint density at radius 3 is 2.13 bits per heavy atom. The van der Waals surface area contributed by atoms with E-state index in [4.69, 9.17) is 23.4 Å². The lowest BCUT2D eigenvalue weighted by atomic mass is 10.1. The molecular weight excluding hydrogens is 498 g/mol. The molecule has 0 atom stereocenters. The Balaban J connectivity index is 2.19. The normalized spacial score (nSPS) is 11.9. The van der Waals surface area contributed by atoms with Gasteiger partial charge in [0, 0.05) is 23.3 Å². The molecule has 0 amide bonds. The molecule has 0 N–H and O–H groups in total. The van der Waals surface area contributed by atoms with Crippen LogP contribution in [0.4, 0.5) is 0 Å². The molecule has 1 aromatic heterocycles. The first-order valence-corrected chi connectivity index (χ1v) is 15.8. The van der Waals surface area contributed by atoms with Gasteiger partial charge in [-0.05, 0) is 55.2 Å². The molecule has 0 aliphatic carbocycles. The Hall–Kier alpha value is -3.23. The highest BCUT2D eigenvalue weighted by atomic mass is 28.4. The number of esters is 1. The first kappa shape index (κ1) is 29.3. The summed E-state index contributed by atoms with van der Waals surface area (Å²) >= 11 is 0. The van der Waals surface area contributed by atoms with Crippen molar-refractivity contribution < 1.29 is 28.2 Å². The highest BCUT2D eigenvalue weighted by Gasteiger charge is 2.37. The summed E-state index contributed by atoms with van der Waals surface area (Å²) in [5.41, 5.74) is 3.49. The fourth-order valence-corrected chi connectivity index (χ4v) is 5.30. The largest absolute Gasteiger partial charge is 0.493 e. The smallest absolute Gasteiger partial charge is 0.355 e. The molecule has 0 radical (unpaired) electrons. The Morgan fingerprint density at radius 1 is 1.00 bits per heavy atom. The van der Waals surface area contributed by atoms with E-state index in [0.29, 0.717) is 41.7 Å². The van der Waals surface area contributed by atoms with Crippen molar-refractivity contribution in [2.45, 2.75) is 52.2 Å². The summed E-state index contributed by atoms with van der Waals surface area (Å²) < 4.78 is 30.5. The average Bonchev–Trinajstić information content (AvgIpc) is 3.21. The maximum atomic E-state index is 13.5. The highest BCUT2D eigenvalue weighted by Crippen LogP contribution is 2.42. The van der Waals surface area contributed by atoms with Gasteiger partial charge >= 0.3 is 5.97 Å². The Labute approximate surface area is 227 Å². The predicted octanol–water partition coefficient (Wildman–Crippen LogP) is 6.93. The van der Waals surface area contributed by atoms with Gasteiger partial charge in [-0.15, -0.1) is 0 Å². The van der Waals surface area contributed by atoms with Crippen molar-refractivity contribution in [3.05, 3.63) is 59.8 Å². The van der Waals surface area contributed by atoms with Crippen LogP contribution in [-0.4, -0.2) is 53.4 Å². The lowest BCUT2D eigenvalue weighted by Gasteiger charge is -2.36. The first-order valence-electron chi connectivity index (χ1n) is 12.8. The van der Waals surface area contributed by atoms with Crippen molar-refractivity contribution in [1.82, 2.24) is 4.57 Å². The molecule has 0 unspecified atom stereocenters. The third kappa shape index (κ3) is 5.61. The number of carbonyl (C=O) groups excluding carboxylic acids is 1. The summed E-state index contributed by atoms with van der Waals surface area (Å²) in [4.78, 5) is 13.5. The van der Waals surface area contributed by atoms with Crippen molar-refractivity contribution in [3.8, 4) is 17.2 Å². The Morgan fingerprint density at radius 2 is 1.61 bits per heavy atom. The zero-order valence-corrected chi connectivity index (χ0v) is 25.2. The SMILES string of the molecule is C=C(c1cc(OC)c(OC)c(OC)c1)n1c(C(=O)OCC)c(CCO[Si](C)(C)C(C)(C)C)c2ccccc21. The molecule has 0 aliphatic heterocycles. The minimum Gasteiger partial charge on any atom is -0.493 e. The number of ether oxygens (including phenoxy) is 4. The zero-order chi connectivity index (χ0) is 28.3. The van der Waals surface area contributed by atoms with Gasteiger partial charge < -0.3 is 27.9 Å². The van der Waals surface area contributed by atoms with Gasteiger partial charge in [-0.3, -0.25) is 0 Å². The maximum absolute atomic E-state index is 13.5. The van der Waals surface area contributed by atoms with Crippen LogP contribution in [0, 0.1) is 0 Å². The minimum atomic E-state index is -1.96. The van der Waals surface area contributed by atoms with E-state index in [1.165, 1.54) is 0 Å². The van der Waals surface area contributed by atoms with Crippen molar-refractivity contribution >= 4 is 30.9 Å². The summed E-state index contributed by atoms with van der Waals surface area (Å²) in [7, 11) is 2.73. The number of carbonyl (C=O) groups is 1. The second-order valence-electron chi connectivity index (χ2n) is 10.6. The third-order valence-corrected chi connectivity index (χ3v) is 11.9. The number of hydrogen-bond acceptors (Lipinski definition) is 6. The van der Waals surface area contributed by atoms with Gasteiger partial charge in [0.1, 0.15) is 5.69 Å². The average molecular weight is 540 g/mol. The van der Waals surface area contributed by atoms with E-state index in [-0.39, 0.29) is 11.6 Å². The first-order chi connectivity index (χ1) is 17.9. The summed E-state index contributed by atoms with van der Waals surface area (Å²) in [6, 6.07) is 11.6. The lowest BCUT2D eigenvalue weighted by molar-refractivity contribution is 0.0516. The molecule has 2 aromatic carbocycles. The van der Waals surface area contributed by atoms with Crippen LogP contribution in [-0.2, 0) is 15.6 Å². The van der Waals surface area contributed by atoms with Gasteiger partial charge in [0.25, 0.3) is 0 Å². The molecule has 0 saturated heterocycles. The quantitative estimate of drug-likeness (QED) is 0.194. The van der Waals surface area contributed by atoms with E-state index >= 15 is 0 Å². The molecule has 0 saturated carbocycles. The summed E-state index contributed by atoms with van der Waals surface area (Å²) in [6.07, 6.45) is 0.566. The number of aromatic nitrogens is 1.